The molecule has 4 heteroatoms. The smallest absolute Gasteiger partial charge is 0.410 e. The quantitative estimate of drug-likeness (QED) is 0.824. The van der Waals surface area contributed by atoms with E-state index in [4.69, 9.17) is 4.74 Å². The maximum Gasteiger partial charge on any atom is 0.410 e. The fourth-order valence-electron chi connectivity index (χ4n) is 2.24. The van der Waals surface area contributed by atoms with Crippen molar-refractivity contribution in [3.05, 3.63) is 22.4 Å². The molecule has 1 aromatic rings. The zero-order valence-corrected chi connectivity index (χ0v) is 11.9. The number of hydrogen-bond donors (Lipinski definition) is 0. The van der Waals surface area contributed by atoms with Gasteiger partial charge in [-0.25, -0.2) is 4.79 Å². The maximum atomic E-state index is 12.2. The standard InChI is InChI=1S/C14H21NO2S/c1-11(2)15(10-13-8-5-9-18-13)14(16)17-12-6-3-4-7-12/h5,8-9,11-12H,3-4,6-7,10H2,1-2H3. The van der Waals surface area contributed by atoms with Crippen molar-refractivity contribution < 1.29 is 9.53 Å². The van der Waals surface area contributed by atoms with E-state index in [1.54, 1.807) is 11.3 Å². The van der Waals surface area contributed by atoms with Gasteiger partial charge in [0.15, 0.2) is 0 Å². The highest BCUT2D eigenvalue weighted by Crippen LogP contribution is 2.23. The first-order valence-corrected chi connectivity index (χ1v) is 7.54. The minimum atomic E-state index is -0.162. The summed E-state index contributed by atoms with van der Waals surface area (Å²) in [6, 6.07) is 4.24. The molecule has 2 rings (SSSR count). The van der Waals surface area contributed by atoms with Gasteiger partial charge >= 0.3 is 6.09 Å². The Bertz CT molecular complexity index is 369. The topological polar surface area (TPSA) is 29.5 Å². The summed E-state index contributed by atoms with van der Waals surface area (Å²) in [7, 11) is 0. The van der Waals surface area contributed by atoms with E-state index in [1.807, 2.05) is 30.2 Å². The van der Waals surface area contributed by atoms with Crippen LogP contribution in [0.15, 0.2) is 17.5 Å². The number of hydrogen-bond acceptors (Lipinski definition) is 3. The van der Waals surface area contributed by atoms with Crippen molar-refractivity contribution in [2.24, 2.45) is 0 Å². The summed E-state index contributed by atoms with van der Waals surface area (Å²) in [5.41, 5.74) is 0. The van der Waals surface area contributed by atoms with Gasteiger partial charge in [-0.2, -0.15) is 0 Å². The second kappa shape index (κ2) is 6.23. The number of carbonyl (C=O) groups excluding carboxylic acids is 1. The van der Waals surface area contributed by atoms with E-state index in [0.29, 0.717) is 6.54 Å². The molecule has 1 aliphatic rings. The van der Waals surface area contributed by atoms with E-state index in [0.717, 1.165) is 12.8 Å². The van der Waals surface area contributed by atoms with E-state index in [-0.39, 0.29) is 18.2 Å². The Morgan fingerprint density at radius 1 is 1.50 bits per heavy atom. The van der Waals surface area contributed by atoms with Gasteiger partial charge in [0.2, 0.25) is 0 Å². The van der Waals surface area contributed by atoms with Gasteiger partial charge in [-0.1, -0.05) is 6.07 Å². The first kappa shape index (κ1) is 13.4. The zero-order valence-electron chi connectivity index (χ0n) is 11.1. The largest absolute Gasteiger partial charge is 0.446 e. The maximum absolute atomic E-state index is 12.2. The third-order valence-electron chi connectivity index (χ3n) is 3.33. The number of nitrogens with zero attached hydrogens (tertiary/aromatic N) is 1. The molecule has 0 N–H and O–H groups in total. The van der Waals surface area contributed by atoms with E-state index in [1.165, 1.54) is 17.7 Å². The Morgan fingerprint density at radius 2 is 2.22 bits per heavy atom. The fourth-order valence-corrected chi connectivity index (χ4v) is 2.95. The summed E-state index contributed by atoms with van der Waals surface area (Å²) in [4.78, 5) is 15.2. The van der Waals surface area contributed by atoms with Crippen molar-refractivity contribution in [3.63, 3.8) is 0 Å². The Morgan fingerprint density at radius 3 is 2.78 bits per heavy atom. The Balaban J connectivity index is 1.93. The van der Waals surface area contributed by atoms with E-state index in [2.05, 4.69) is 6.07 Å². The molecule has 1 fully saturated rings. The summed E-state index contributed by atoms with van der Waals surface area (Å²) in [6.07, 6.45) is 4.40. The van der Waals surface area contributed by atoms with Crippen LogP contribution in [0.4, 0.5) is 4.79 Å². The van der Waals surface area contributed by atoms with Gasteiger partial charge < -0.3 is 9.64 Å². The molecule has 18 heavy (non-hydrogen) atoms. The van der Waals surface area contributed by atoms with Crippen LogP contribution in [0.25, 0.3) is 0 Å². The minimum absolute atomic E-state index is 0.141. The Labute approximate surface area is 113 Å². The molecule has 1 aliphatic carbocycles. The molecule has 3 nitrogen and oxygen atoms in total. The first-order valence-electron chi connectivity index (χ1n) is 6.66. The van der Waals surface area contributed by atoms with E-state index >= 15 is 0 Å². The van der Waals surface area contributed by atoms with Crippen LogP contribution in [0.5, 0.6) is 0 Å². The zero-order chi connectivity index (χ0) is 13.0. The molecule has 1 heterocycles. The van der Waals surface area contributed by atoms with Crippen LogP contribution in [-0.2, 0) is 11.3 Å². The minimum Gasteiger partial charge on any atom is -0.446 e. The van der Waals surface area contributed by atoms with Crippen molar-refractivity contribution in [2.45, 2.75) is 58.2 Å². The lowest BCUT2D eigenvalue weighted by Crippen LogP contribution is -2.38. The molecule has 0 atom stereocenters. The normalized spacial score (nSPS) is 16.2. The second-order valence-corrected chi connectivity index (χ2v) is 6.12. The van der Waals surface area contributed by atoms with Gasteiger partial charge in [0.25, 0.3) is 0 Å². The highest BCUT2D eigenvalue weighted by molar-refractivity contribution is 7.09. The van der Waals surface area contributed by atoms with Gasteiger partial charge in [-0.05, 0) is 51.0 Å². The molecular formula is C14H21NO2S. The van der Waals surface area contributed by atoms with Crippen molar-refractivity contribution in [3.8, 4) is 0 Å². The third-order valence-corrected chi connectivity index (χ3v) is 4.19. The molecule has 0 spiro atoms. The molecule has 0 aliphatic heterocycles. The monoisotopic (exact) mass is 267 g/mol. The number of ether oxygens (including phenoxy) is 1. The van der Waals surface area contributed by atoms with Gasteiger partial charge in [-0.3, -0.25) is 0 Å². The highest BCUT2D eigenvalue weighted by atomic mass is 32.1. The number of thiophene rings is 1. The summed E-state index contributed by atoms with van der Waals surface area (Å²) in [6.45, 7) is 4.72. The van der Waals surface area contributed by atoms with Crippen LogP contribution in [0.2, 0.25) is 0 Å². The number of amides is 1. The molecule has 1 saturated carbocycles. The molecule has 0 radical (unpaired) electrons. The van der Waals surface area contributed by atoms with Crippen LogP contribution in [-0.4, -0.2) is 23.1 Å². The lowest BCUT2D eigenvalue weighted by atomic mass is 10.3. The average Bonchev–Trinajstić information content (AvgIpc) is 2.97. The average molecular weight is 267 g/mol. The van der Waals surface area contributed by atoms with Crippen molar-refractivity contribution in [1.29, 1.82) is 0 Å². The number of rotatable bonds is 4. The summed E-state index contributed by atoms with van der Waals surface area (Å²) >= 11 is 1.68. The molecule has 0 saturated heterocycles. The van der Waals surface area contributed by atoms with Gasteiger partial charge in [0.1, 0.15) is 6.10 Å². The lowest BCUT2D eigenvalue weighted by molar-refractivity contribution is 0.0551. The Kier molecular flexibility index (Phi) is 4.64. The van der Waals surface area contributed by atoms with Crippen LogP contribution in [0, 0.1) is 0 Å². The predicted octanol–water partition coefficient (Wildman–Crippen LogP) is 4.04. The van der Waals surface area contributed by atoms with E-state index in [9.17, 15) is 4.79 Å². The third kappa shape index (κ3) is 3.48. The number of carbonyl (C=O) groups is 1. The van der Waals surface area contributed by atoms with Crippen LogP contribution in [0.3, 0.4) is 0 Å². The fraction of sp³-hybridized carbons (Fsp3) is 0.643. The van der Waals surface area contributed by atoms with Crippen LogP contribution in [0.1, 0.15) is 44.4 Å². The van der Waals surface area contributed by atoms with E-state index < -0.39 is 0 Å². The lowest BCUT2D eigenvalue weighted by Gasteiger charge is -2.27. The molecule has 0 aromatic carbocycles. The second-order valence-electron chi connectivity index (χ2n) is 5.09. The van der Waals surface area contributed by atoms with Crippen molar-refractivity contribution >= 4 is 17.4 Å². The SMILES string of the molecule is CC(C)N(Cc1cccs1)C(=O)OC1CCCC1. The van der Waals surface area contributed by atoms with Crippen molar-refractivity contribution in [1.82, 2.24) is 4.90 Å². The van der Waals surface area contributed by atoms with Gasteiger partial charge in [0, 0.05) is 10.9 Å². The molecule has 0 bridgehead atoms. The van der Waals surface area contributed by atoms with Gasteiger partial charge in [0.05, 0.1) is 6.54 Å². The molecule has 0 unspecified atom stereocenters. The van der Waals surface area contributed by atoms with Crippen LogP contribution >= 0.6 is 11.3 Å². The first-order chi connectivity index (χ1) is 8.66. The van der Waals surface area contributed by atoms with Crippen molar-refractivity contribution in [2.75, 3.05) is 0 Å². The summed E-state index contributed by atoms with van der Waals surface area (Å²) < 4.78 is 5.58. The molecular weight excluding hydrogens is 246 g/mol. The molecule has 1 amide bonds. The Hall–Kier alpha value is -1.03. The predicted molar refractivity (Wildman–Crippen MR) is 73.7 cm³/mol. The molecule has 100 valence electrons. The molecule has 1 aromatic heterocycles. The van der Waals surface area contributed by atoms with Crippen LogP contribution < -0.4 is 0 Å². The highest BCUT2D eigenvalue weighted by Gasteiger charge is 2.24. The summed E-state index contributed by atoms with van der Waals surface area (Å²) in [5, 5.41) is 2.04. The van der Waals surface area contributed by atoms with Gasteiger partial charge in [-0.15, -0.1) is 11.3 Å². The summed E-state index contributed by atoms with van der Waals surface area (Å²) in [5.74, 6) is 0.